The molecule has 0 aliphatic rings. The number of esters is 1. The van der Waals surface area contributed by atoms with Crippen molar-refractivity contribution in [1.82, 2.24) is 0 Å². The van der Waals surface area contributed by atoms with Gasteiger partial charge in [0.15, 0.2) is 0 Å². The number of methoxy groups -OCH3 is 1. The van der Waals surface area contributed by atoms with E-state index in [1.54, 1.807) is 12.1 Å². The second-order valence-corrected chi connectivity index (χ2v) is 3.08. The molecule has 1 aromatic rings. The number of nitrogen functional groups attached to an aromatic ring is 1. The molecule has 0 aromatic heterocycles. The van der Waals surface area contributed by atoms with E-state index in [0.717, 1.165) is 5.56 Å². The molecule has 0 radical (unpaired) electrons. The topological polar surface area (TPSA) is 78.3 Å². The number of carbonyl (C=O) groups excluding carboxylic acids is 1. The molecule has 0 fully saturated rings. The van der Waals surface area contributed by atoms with Crippen LogP contribution in [0.15, 0.2) is 24.3 Å². The number of rotatable bonds is 3. The fourth-order valence-electron chi connectivity index (χ4n) is 1.14. The van der Waals surface area contributed by atoms with E-state index in [2.05, 4.69) is 4.74 Å². The minimum Gasteiger partial charge on any atom is -0.468 e. The Hall–Kier alpha value is -1.55. The van der Waals surface area contributed by atoms with Gasteiger partial charge in [-0.1, -0.05) is 12.1 Å². The van der Waals surface area contributed by atoms with Gasteiger partial charge >= 0.3 is 5.97 Å². The largest absolute Gasteiger partial charge is 0.468 e. The maximum absolute atomic E-state index is 11.0. The Morgan fingerprint density at radius 3 is 2.50 bits per heavy atom. The molecule has 76 valence electrons. The number of nitrogens with two attached hydrogens (primary N) is 2. The highest BCUT2D eigenvalue weighted by Crippen LogP contribution is 2.07. The summed E-state index contributed by atoms with van der Waals surface area (Å²) in [5.41, 5.74) is 12.8. The molecular weight excluding hydrogens is 180 g/mol. The molecule has 4 heteroatoms. The Bertz CT molecular complexity index is 308. The lowest BCUT2D eigenvalue weighted by molar-refractivity contribution is -0.142. The normalized spacial score (nSPS) is 12.1. The maximum Gasteiger partial charge on any atom is 0.322 e. The van der Waals surface area contributed by atoms with E-state index in [4.69, 9.17) is 11.5 Å². The van der Waals surface area contributed by atoms with Crippen molar-refractivity contribution in [2.75, 3.05) is 12.8 Å². The van der Waals surface area contributed by atoms with Gasteiger partial charge < -0.3 is 16.2 Å². The summed E-state index contributed by atoms with van der Waals surface area (Å²) in [6, 6.07) is 6.64. The van der Waals surface area contributed by atoms with Crippen molar-refractivity contribution < 1.29 is 9.53 Å². The summed E-state index contributed by atoms with van der Waals surface area (Å²) < 4.78 is 4.52. The molecule has 0 saturated carbocycles. The van der Waals surface area contributed by atoms with Crippen LogP contribution in [0, 0.1) is 0 Å². The van der Waals surface area contributed by atoms with Crippen LogP contribution in [-0.2, 0) is 16.0 Å². The van der Waals surface area contributed by atoms with Gasteiger partial charge in [-0.25, -0.2) is 0 Å². The highest BCUT2D eigenvalue weighted by Gasteiger charge is 2.13. The minimum absolute atomic E-state index is 0.401. The molecule has 0 heterocycles. The van der Waals surface area contributed by atoms with E-state index < -0.39 is 12.0 Å². The predicted octanol–water partition coefficient (Wildman–Crippen LogP) is 0.312. The van der Waals surface area contributed by atoms with Crippen molar-refractivity contribution in [2.45, 2.75) is 12.5 Å². The number of hydrogen-bond acceptors (Lipinski definition) is 4. The second kappa shape index (κ2) is 4.62. The second-order valence-electron chi connectivity index (χ2n) is 3.08. The zero-order valence-corrected chi connectivity index (χ0v) is 8.07. The monoisotopic (exact) mass is 194 g/mol. The van der Waals surface area contributed by atoms with E-state index in [0.29, 0.717) is 12.1 Å². The van der Waals surface area contributed by atoms with Crippen molar-refractivity contribution in [1.29, 1.82) is 0 Å². The van der Waals surface area contributed by atoms with Crippen LogP contribution in [0.2, 0.25) is 0 Å². The van der Waals surface area contributed by atoms with Gasteiger partial charge in [0, 0.05) is 5.69 Å². The number of anilines is 1. The van der Waals surface area contributed by atoms with Crippen LogP contribution in [0.3, 0.4) is 0 Å². The zero-order valence-electron chi connectivity index (χ0n) is 8.07. The molecule has 0 aliphatic carbocycles. The quantitative estimate of drug-likeness (QED) is 0.536. The van der Waals surface area contributed by atoms with E-state index in [9.17, 15) is 4.79 Å². The Balaban J connectivity index is 2.60. The Morgan fingerprint density at radius 1 is 1.43 bits per heavy atom. The van der Waals surface area contributed by atoms with Gasteiger partial charge in [0.05, 0.1) is 7.11 Å². The number of benzene rings is 1. The van der Waals surface area contributed by atoms with Gasteiger partial charge in [-0.15, -0.1) is 0 Å². The van der Waals surface area contributed by atoms with Gasteiger partial charge in [-0.2, -0.15) is 0 Å². The molecule has 1 rings (SSSR count). The standard InChI is InChI=1S/C10H14N2O2/c1-14-10(13)9(12)6-7-2-4-8(11)5-3-7/h2-5,9H,6,11-12H2,1H3. The number of ether oxygens (including phenoxy) is 1. The SMILES string of the molecule is COC(=O)C(N)Cc1ccc(N)cc1. The maximum atomic E-state index is 11.0. The van der Waals surface area contributed by atoms with E-state index >= 15 is 0 Å². The van der Waals surface area contributed by atoms with Crippen molar-refractivity contribution in [3.8, 4) is 0 Å². The first-order valence-electron chi connectivity index (χ1n) is 4.31. The first kappa shape index (κ1) is 10.5. The van der Waals surface area contributed by atoms with Crippen molar-refractivity contribution >= 4 is 11.7 Å². The third-order valence-electron chi connectivity index (χ3n) is 1.94. The summed E-state index contributed by atoms with van der Waals surface area (Å²) >= 11 is 0. The van der Waals surface area contributed by atoms with E-state index in [-0.39, 0.29) is 0 Å². The first-order chi connectivity index (χ1) is 6.63. The highest BCUT2D eigenvalue weighted by atomic mass is 16.5. The van der Waals surface area contributed by atoms with Crippen LogP contribution < -0.4 is 11.5 Å². The molecule has 1 unspecified atom stereocenters. The van der Waals surface area contributed by atoms with Crippen LogP contribution in [-0.4, -0.2) is 19.1 Å². The summed E-state index contributed by atoms with van der Waals surface area (Å²) in [7, 11) is 1.32. The Labute approximate surface area is 82.8 Å². The molecule has 0 amide bonds. The van der Waals surface area contributed by atoms with E-state index in [1.807, 2.05) is 12.1 Å². The van der Waals surface area contributed by atoms with Gasteiger partial charge in [0.2, 0.25) is 0 Å². The van der Waals surface area contributed by atoms with Crippen LogP contribution in [0.25, 0.3) is 0 Å². The zero-order chi connectivity index (χ0) is 10.6. The van der Waals surface area contributed by atoms with Crippen LogP contribution in [0.5, 0.6) is 0 Å². The predicted molar refractivity (Wildman–Crippen MR) is 54.5 cm³/mol. The minimum atomic E-state index is -0.608. The summed E-state index contributed by atoms with van der Waals surface area (Å²) in [4.78, 5) is 11.0. The Morgan fingerprint density at radius 2 is 2.00 bits per heavy atom. The number of hydrogen-bond donors (Lipinski definition) is 2. The fraction of sp³-hybridized carbons (Fsp3) is 0.300. The lowest BCUT2D eigenvalue weighted by Crippen LogP contribution is -2.33. The molecule has 0 bridgehead atoms. The molecule has 1 atom stereocenters. The van der Waals surface area contributed by atoms with Gasteiger partial charge in [0.1, 0.15) is 6.04 Å². The lowest BCUT2D eigenvalue weighted by atomic mass is 10.1. The summed E-state index contributed by atoms with van der Waals surface area (Å²) in [5.74, 6) is -0.401. The van der Waals surface area contributed by atoms with E-state index in [1.165, 1.54) is 7.11 Å². The smallest absolute Gasteiger partial charge is 0.322 e. The molecule has 4 N–H and O–H groups in total. The van der Waals surface area contributed by atoms with Crippen LogP contribution in [0.4, 0.5) is 5.69 Å². The average Bonchev–Trinajstić information content (AvgIpc) is 2.20. The summed E-state index contributed by atoms with van der Waals surface area (Å²) in [6.07, 6.45) is 0.465. The lowest BCUT2D eigenvalue weighted by Gasteiger charge is -2.08. The van der Waals surface area contributed by atoms with Gasteiger partial charge in [-0.3, -0.25) is 4.79 Å². The van der Waals surface area contributed by atoms with Crippen molar-refractivity contribution in [3.63, 3.8) is 0 Å². The van der Waals surface area contributed by atoms with Crippen molar-refractivity contribution in [2.24, 2.45) is 5.73 Å². The molecule has 0 aliphatic heterocycles. The van der Waals surface area contributed by atoms with Crippen LogP contribution >= 0.6 is 0 Å². The molecule has 14 heavy (non-hydrogen) atoms. The molecule has 0 saturated heterocycles. The highest BCUT2D eigenvalue weighted by molar-refractivity contribution is 5.75. The summed E-state index contributed by atoms with van der Waals surface area (Å²) in [5, 5.41) is 0. The fourth-order valence-corrected chi connectivity index (χ4v) is 1.14. The average molecular weight is 194 g/mol. The van der Waals surface area contributed by atoms with Crippen LogP contribution in [0.1, 0.15) is 5.56 Å². The van der Waals surface area contributed by atoms with Gasteiger partial charge in [0.25, 0.3) is 0 Å². The first-order valence-corrected chi connectivity index (χ1v) is 4.31. The van der Waals surface area contributed by atoms with Gasteiger partial charge in [-0.05, 0) is 24.1 Å². The number of carbonyl (C=O) groups is 1. The third-order valence-corrected chi connectivity index (χ3v) is 1.94. The molecule has 0 spiro atoms. The molecule has 1 aromatic carbocycles. The Kier molecular flexibility index (Phi) is 3.48. The van der Waals surface area contributed by atoms with Crippen molar-refractivity contribution in [3.05, 3.63) is 29.8 Å². The third kappa shape index (κ3) is 2.74. The molecular formula is C10H14N2O2. The summed E-state index contributed by atoms with van der Waals surface area (Å²) in [6.45, 7) is 0. The molecule has 4 nitrogen and oxygen atoms in total.